The molecule has 0 amide bonds. The molecule has 1 aliphatic rings. The predicted molar refractivity (Wildman–Crippen MR) is 76.5 cm³/mol. The van der Waals surface area contributed by atoms with Gasteiger partial charge in [0.05, 0.1) is 0 Å². The molecule has 0 aromatic carbocycles. The summed E-state index contributed by atoms with van der Waals surface area (Å²) in [6.07, 6.45) is 4.31. The Kier molecular flexibility index (Phi) is 5.28. The van der Waals surface area contributed by atoms with Crippen LogP contribution in [0.25, 0.3) is 0 Å². The van der Waals surface area contributed by atoms with Crippen molar-refractivity contribution in [1.29, 1.82) is 0 Å². The van der Waals surface area contributed by atoms with Crippen molar-refractivity contribution in [3.05, 3.63) is 22.8 Å². The summed E-state index contributed by atoms with van der Waals surface area (Å²) in [4.78, 5) is 9.50. The van der Waals surface area contributed by atoms with Gasteiger partial charge >= 0.3 is 0 Å². The number of hydrogen-bond donors (Lipinski definition) is 1. The van der Waals surface area contributed by atoms with Gasteiger partial charge < -0.3 is 10.1 Å². The van der Waals surface area contributed by atoms with Gasteiger partial charge in [-0.25, -0.2) is 9.97 Å². The van der Waals surface area contributed by atoms with Crippen LogP contribution in [-0.2, 0) is 11.2 Å². The summed E-state index contributed by atoms with van der Waals surface area (Å²) < 4.78 is 5.41. The monoisotopic (exact) mass is 263 g/mol. The number of aromatic nitrogens is 2. The highest BCUT2D eigenvalue weighted by atomic mass is 16.5. The molecule has 4 heteroatoms. The standard InChI is InChI=1S/C15H25N3O/c1-11-14(5-4-8-16-3)12(2)18-15(17-11)13-6-9-19-10-7-13/h13,16H,4-10H2,1-3H3. The van der Waals surface area contributed by atoms with E-state index in [1.807, 2.05) is 7.05 Å². The van der Waals surface area contributed by atoms with Gasteiger partial charge in [0.25, 0.3) is 0 Å². The Bertz CT molecular complexity index is 391. The molecule has 0 spiro atoms. The second-order valence-corrected chi connectivity index (χ2v) is 5.32. The minimum absolute atomic E-state index is 0.484. The van der Waals surface area contributed by atoms with Crippen LogP contribution in [0.5, 0.6) is 0 Å². The Labute approximate surface area is 116 Å². The van der Waals surface area contributed by atoms with Crippen LogP contribution in [0.3, 0.4) is 0 Å². The van der Waals surface area contributed by atoms with Crippen molar-refractivity contribution in [2.24, 2.45) is 0 Å². The number of ether oxygens (including phenoxy) is 1. The van der Waals surface area contributed by atoms with Gasteiger partial charge in [-0.2, -0.15) is 0 Å². The lowest BCUT2D eigenvalue weighted by molar-refractivity contribution is 0.0835. The second-order valence-electron chi connectivity index (χ2n) is 5.32. The molecule has 4 nitrogen and oxygen atoms in total. The van der Waals surface area contributed by atoms with Crippen molar-refractivity contribution in [3.63, 3.8) is 0 Å². The molecule has 1 saturated heterocycles. The van der Waals surface area contributed by atoms with Gasteiger partial charge in [-0.3, -0.25) is 0 Å². The first-order valence-electron chi connectivity index (χ1n) is 7.28. The van der Waals surface area contributed by atoms with E-state index >= 15 is 0 Å². The average molecular weight is 263 g/mol. The average Bonchev–Trinajstić information content (AvgIpc) is 2.43. The number of aryl methyl sites for hydroxylation is 2. The first-order valence-corrected chi connectivity index (χ1v) is 7.28. The van der Waals surface area contributed by atoms with Crippen LogP contribution in [0.1, 0.15) is 48.0 Å². The molecule has 0 bridgehead atoms. The third-order valence-corrected chi connectivity index (χ3v) is 3.88. The maximum Gasteiger partial charge on any atom is 0.132 e. The van der Waals surface area contributed by atoms with Gasteiger partial charge in [0.1, 0.15) is 5.82 Å². The molecule has 106 valence electrons. The minimum Gasteiger partial charge on any atom is -0.381 e. The minimum atomic E-state index is 0.484. The molecular formula is C15H25N3O. The molecule has 0 unspecified atom stereocenters. The summed E-state index contributed by atoms with van der Waals surface area (Å²) in [5.74, 6) is 1.51. The Balaban J connectivity index is 2.11. The summed E-state index contributed by atoms with van der Waals surface area (Å²) in [6, 6.07) is 0. The molecule has 1 aromatic heterocycles. The Morgan fingerprint density at radius 1 is 1.16 bits per heavy atom. The maximum absolute atomic E-state index is 5.41. The fraction of sp³-hybridized carbons (Fsp3) is 0.733. The van der Waals surface area contributed by atoms with Crippen molar-refractivity contribution < 1.29 is 4.74 Å². The van der Waals surface area contributed by atoms with Crippen LogP contribution >= 0.6 is 0 Å². The van der Waals surface area contributed by atoms with Crippen LogP contribution in [0.4, 0.5) is 0 Å². The van der Waals surface area contributed by atoms with Crippen LogP contribution in [0.15, 0.2) is 0 Å². The fourth-order valence-corrected chi connectivity index (χ4v) is 2.71. The molecule has 0 radical (unpaired) electrons. The molecule has 0 aliphatic carbocycles. The zero-order valence-electron chi connectivity index (χ0n) is 12.3. The molecular weight excluding hydrogens is 238 g/mol. The van der Waals surface area contributed by atoms with E-state index in [0.717, 1.165) is 62.7 Å². The SMILES string of the molecule is CNCCCc1c(C)nc(C2CCOCC2)nc1C. The first kappa shape index (κ1) is 14.4. The van der Waals surface area contributed by atoms with Crippen LogP contribution in [-0.4, -0.2) is 36.8 Å². The number of nitrogens with zero attached hydrogens (tertiary/aromatic N) is 2. The summed E-state index contributed by atoms with van der Waals surface area (Å²) in [5, 5.41) is 3.19. The van der Waals surface area contributed by atoms with E-state index in [4.69, 9.17) is 14.7 Å². The largest absolute Gasteiger partial charge is 0.381 e. The lowest BCUT2D eigenvalue weighted by atomic mass is 9.98. The van der Waals surface area contributed by atoms with Gasteiger partial charge in [0, 0.05) is 30.5 Å². The van der Waals surface area contributed by atoms with E-state index in [9.17, 15) is 0 Å². The Morgan fingerprint density at radius 3 is 2.37 bits per heavy atom. The quantitative estimate of drug-likeness (QED) is 0.827. The maximum atomic E-state index is 5.41. The second kappa shape index (κ2) is 6.96. The van der Waals surface area contributed by atoms with Gasteiger partial charge in [0.2, 0.25) is 0 Å². The Hall–Kier alpha value is -1.00. The van der Waals surface area contributed by atoms with Crippen molar-refractivity contribution in [1.82, 2.24) is 15.3 Å². The number of hydrogen-bond acceptors (Lipinski definition) is 4. The van der Waals surface area contributed by atoms with E-state index in [1.54, 1.807) is 0 Å². The summed E-state index contributed by atoms with van der Waals surface area (Å²) in [7, 11) is 1.99. The zero-order valence-corrected chi connectivity index (χ0v) is 12.3. The zero-order chi connectivity index (χ0) is 13.7. The van der Waals surface area contributed by atoms with Gasteiger partial charge in [0.15, 0.2) is 0 Å². The summed E-state index contributed by atoms with van der Waals surface area (Å²) in [6.45, 7) is 6.96. The first-order chi connectivity index (χ1) is 9.22. The van der Waals surface area contributed by atoms with Crippen LogP contribution in [0.2, 0.25) is 0 Å². The lowest BCUT2D eigenvalue weighted by Crippen LogP contribution is -2.18. The molecule has 1 fully saturated rings. The molecule has 0 atom stereocenters. The molecule has 2 rings (SSSR count). The topological polar surface area (TPSA) is 47.0 Å². The van der Waals surface area contributed by atoms with E-state index < -0.39 is 0 Å². The molecule has 2 heterocycles. The molecule has 19 heavy (non-hydrogen) atoms. The van der Waals surface area contributed by atoms with Crippen molar-refractivity contribution >= 4 is 0 Å². The van der Waals surface area contributed by atoms with Crippen molar-refractivity contribution in [3.8, 4) is 0 Å². The van der Waals surface area contributed by atoms with Crippen LogP contribution < -0.4 is 5.32 Å². The predicted octanol–water partition coefficient (Wildman–Crippen LogP) is 2.14. The highest BCUT2D eigenvalue weighted by Gasteiger charge is 2.20. The molecule has 0 saturated carbocycles. The highest BCUT2D eigenvalue weighted by molar-refractivity contribution is 5.25. The number of nitrogens with one attached hydrogen (secondary N) is 1. The van der Waals surface area contributed by atoms with Gasteiger partial charge in [-0.15, -0.1) is 0 Å². The number of rotatable bonds is 5. The van der Waals surface area contributed by atoms with E-state index in [0.29, 0.717) is 5.92 Å². The fourth-order valence-electron chi connectivity index (χ4n) is 2.71. The van der Waals surface area contributed by atoms with Crippen molar-refractivity contribution in [2.45, 2.75) is 45.4 Å². The smallest absolute Gasteiger partial charge is 0.132 e. The molecule has 1 aliphatic heterocycles. The third-order valence-electron chi connectivity index (χ3n) is 3.88. The summed E-state index contributed by atoms with van der Waals surface area (Å²) >= 11 is 0. The van der Waals surface area contributed by atoms with E-state index in [-0.39, 0.29) is 0 Å². The van der Waals surface area contributed by atoms with Crippen molar-refractivity contribution in [2.75, 3.05) is 26.8 Å². The molecule has 1 aromatic rings. The van der Waals surface area contributed by atoms with Crippen LogP contribution in [0, 0.1) is 13.8 Å². The van der Waals surface area contributed by atoms with E-state index in [1.165, 1.54) is 5.56 Å². The third kappa shape index (κ3) is 3.74. The normalized spacial score (nSPS) is 16.8. The molecule has 1 N–H and O–H groups in total. The summed E-state index contributed by atoms with van der Waals surface area (Å²) in [5.41, 5.74) is 3.64. The highest BCUT2D eigenvalue weighted by Crippen LogP contribution is 2.25. The Morgan fingerprint density at radius 2 is 1.79 bits per heavy atom. The van der Waals surface area contributed by atoms with Gasteiger partial charge in [-0.1, -0.05) is 0 Å². The lowest BCUT2D eigenvalue weighted by Gasteiger charge is -2.22. The van der Waals surface area contributed by atoms with Gasteiger partial charge in [-0.05, 0) is 58.7 Å². The van der Waals surface area contributed by atoms with E-state index in [2.05, 4.69) is 19.2 Å².